The Hall–Kier alpha value is -1.75. The maximum Gasteiger partial charge on any atom is 0.193 e. The van der Waals surface area contributed by atoms with Crippen LogP contribution in [0.3, 0.4) is 0 Å². The lowest BCUT2D eigenvalue weighted by atomic mass is 10.1. The molecule has 1 aliphatic rings. The van der Waals surface area contributed by atoms with Crippen molar-refractivity contribution in [1.82, 2.24) is 10.2 Å². The highest BCUT2D eigenvalue weighted by atomic mass is 16.5. The van der Waals surface area contributed by atoms with Gasteiger partial charge in [0.1, 0.15) is 5.75 Å². The van der Waals surface area contributed by atoms with Gasteiger partial charge in [0, 0.05) is 45.6 Å². The molecule has 1 aliphatic heterocycles. The summed E-state index contributed by atoms with van der Waals surface area (Å²) in [6, 6.07) is 8.17. The Balaban J connectivity index is 1.73. The van der Waals surface area contributed by atoms with Gasteiger partial charge in [-0.25, -0.2) is 0 Å². The molecule has 1 unspecified atom stereocenters. The van der Waals surface area contributed by atoms with E-state index >= 15 is 0 Å². The van der Waals surface area contributed by atoms with Gasteiger partial charge in [-0.05, 0) is 32.4 Å². The number of rotatable bonds is 8. The first-order valence-electron chi connectivity index (χ1n) is 8.94. The van der Waals surface area contributed by atoms with Crippen LogP contribution in [0.5, 0.6) is 5.75 Å². The minimum Gasteiger partial charge on any atom is -0.494 e. The molecule has 1 aromatic carbocycles. The zero-order chi connectivity index (χ0) is 17.2. The summed E-state index contributed by atoms with van der Waals surface area (Å²) in [5.41, 5.74) is 1.25. The van der Waals surface area contributed by atoms with Crippen molar-refractivity contribution in [2.24, 2.45) is 10.9 Å². The number of nitrogens with zero attached hydrogens (tertiary/aromatic N) is 2. The standard InChI is InChI=1S/C19H31N3O2/c1-4-20-19(22-12-10-17(14-22)15-23-3)21-11-5-13-24-18-8-6-16(2)7-9-18/h6-9,17H,4-5,10-15H2,1-3H3,(H,20,21). The number of nitrogens with one attached hydrogen (secondary N) is 1. The average Bonchev–Trinajstić information content (AvgIpc) is 3.04. The number of aliphatic imine (C=N–C) groups is 1. The molecule has 2 rings (SSSR count). The first kappa shape index (κ1) is 18.6. The lowest BCUT2D eigenvalue weighted by Crippen LogP contribution is -2.40. The van der Waals surface area contributed by atoms with Gasteiger partial charge in [-0.3, -0.25) is 4.99 Å². The minimum atomic E-state index is 0.615. The molecule has 0 aliphatic carbocycles. The van der Waals surface area contributed by atoms with Crippen molar-refractivity contribution in [3.8, 4) is 5.75 Å². The summed E-state index contributed by atoms with van der Waals surface area (Å²) < 4.78 is 11.0. The average molecular weight is 333 g/mol. The summed E-state index contributed by atoms with van der Waals surface area (Å²) in [7, 11) is 1.77. The molecule has 0 saturated carbocycles. The molecule has 0 bridgehead atoms. The SMILES string of the molecule is CCNC(=NCCCOc1ccc(C)cc1)N1CCC(COC)C1. The van der Waals surface area contributed by atoms with E-state index in [1.54, 1.807) is 7.11 Å². The smallest absolute Gasteiger partial charge is 0.193 e. The highest BCUT2D eigenvalue weighted by Gasteiger charge is 2.24. The second-order valence-electron chi connectivity index (χ2n) is 6.31. The lowest BCUT2D eigenvalue weighted by molar-refractivity contribution is 0.157. The Morgan fingerprint density at radius 3 is 2.83 bits per heavy atom. The topological polar surface area (TPSA) is 46.1 Å². The molecular weight excluding hydrogens is 302 g/mol. The predicted molar refractivity (Wildman–Crippen MR) is 98.8 cm³/mol. The largest absolute Gasteiger partial charge is 0.494 e. The number of aryl methyl sites for hydroxylation is 1. The zero-order valence-corrected chi connectivity index (χ0v) is 15.3. The maximum atomic E-state index is 5.76. The molecule has 1 fully saturated rings. The van der Waals surface area contributed by atoms with Crippen LogP contribution in [-0.2, 0) is 4.74 Å². The van der Waals surface area contributed by atoms with E-state index in [1.165, 1.54) is 12.0 Å². The predicted octanol–water partition coefficient (Wildman–Crippen LogP) is 2.70. The summed E-state index contributed by atoms with van der Waals surface area (Å²) in [5.74, 6) is 2.56. The van der Waals surface area contributed by atoms with Crippen LogP contribution >= 0.6 is 0 Å². The Bertz CT molecular complexity index is 502. The molecule has 0 aromatic heterocycles. The van der Waals surface area contributed by atoms with Crippen LogP contribution in [0.4, 0.5) is 0 Å². The van der Waals surface area contributed by atoms with Crippen molar-refractivity contribution in [1.29, 1.82) is 0 Å². The third-order valence-electron chi connectivity index (χ3n) is 4.18. The monoisotopic (exact) mass is 333 g/mol. The van der Waals surface area contributed by atoms with Gasteiger partial charge in [0.25, 0.3) is 0 Å². The van der Waals surface area contributed by atoms with Gasteiger partial charge in [0.05, 0.1) is 13.2 Å². The quantitative estimate of drug-likeness (QED) is 0.451. The Morgan fingerprint density at radius 2 is 2.12 bits per heavy atom. The van der Waals surface area contributed by atoms with Crippen molar-refractivity contribution in [3.63, 3.8) is 0 Å². The summed E-state index contributed by atoms with van der Waals surface area (Å²) in [5, 5.41) is 3.40. The van der Waals surface area contributed by atoms with E-state index in [2.05, 4.69) is 36.2 Å². The first-order valence-corrected chi connectivity index (χ1v) is 8.94. The van der Waals surface area contributed by atoms with Crippen LogP contribution in [0.15, 0.2) is 29.3 Å². The summed E-state index contributed by atoms with van der Waals surface area (Å²) in [4.78, 5) is 7.09. The lowest BCUT2D eigenvalue weighted by Gasteiger charge is -2.21. The van der Waals surface area contributed by atoms with Crippen LogP contribution in [0.1, 0.15) is 25.3 Å². The van der Waals surface area contributed by atoms with Crippen molar-refractivity contribution in [3.05, 3.63) is 29.8 Å². The molecule has 0 amide bonds. The third kappa shape index (κ3) is 6.04. The molecule has 5 nitrogen and oxygen atoms in total. The molecule has 1 N–H and O–H groups in total. The van der Waals surface area contributed by atoms with Gasteiger partial charge in [0.2, 0.25) is 0 Å². The van der Waals surface area contributed by atoms with Crippen molar-refractivity contribution in [2.45, 2.75) is 26.7 Å². The highest BCUT2D eigenvalue weighted by molar-refractivity contribution is 5.80. The molecule has 1 atom stereocenters. The van der Waals surface area contributed by atoms with E-state index in [4.69, 9.17) is 14.5 Å². The van der Waals surface area contributed by atoms with Crippen LogP contribution in [-0.4, -0.2) is 57.4 Å². The van der Waals surface area contributed by atoms with E-state index in [-0.39, 0.29) is 0 Å². The fourth-order valence-electron chi connectivity index (χ4n) is 2.90. The second-order valence-corrected chi connectivity index (χ2v) is 6.31. The molecular formula is C19H31N3O2. The van der Waals surface area contributed by atoms with Crippen LogP contribution in [0.2, 0.25) is 0 Å². The van der Waals surface area contributed by atoms with Gasteiger partial charge in [0.15, 0.2) is 5.96 Å². The third-order valence-corrected chi connectivity index (χ3v) is 4.18. The molecule has 24 heavy (non-hydrogen) atoms. The molecule has 1 aromatic rings. The molecule has 1 heterocycles. The van der Waals surface area contributed by atoms with Gasteiger partial charge in [-0.15, -0.1) is 0 Å². The number of likely N-dealkylation sites (tertiary alicyclic amines) is 1. The fourth-order valence-corrected chi connectivity index (χ4v) is 2.90. The number of ether oxygens (including phenoxy) is 2. The van der Waals surface area contributed by atoms with Crippen molar-refractivity contribution < 1.29 is 9.47 Å². The maximum absolute atomic E-state index is 5.76. The molecule has 134 valence electrons. The molecule has 0 radical (unpaired) electrons. The van der Waals surface area contributed by atoms with Crippen LogP contribution in [0.25, 0.3) is 0 Å². The van der Waals surface area contributed by atoms with Crippen LogP contribution < -0.4 is 10.1 Å². The van der Waals surface area contributed by atoms with E-state index < -0.39 is 0 Å². The first-order chi connectivity index (χ1) is 11.7. The summed E-state index contributed by atoms with van der Waals surface area (Å²) in [6.07, 6.45) is 2.09. The Morgan fingerprint density at radius 1 is 1.33 bits per heavy atom. The second kappa shape index (κ2) is 10.2. The van der Waals surface area contributed by atoms with Crippen molar-refractivity contribution in [2.75, 3.05) is 46.5 Å². The van der Waals surface area contributed by atoms with Gasteiger partial charge >= 0.3 is 0 Å². The summed E-state index contributed by atoms with van der Waals surface area (Å²) in [6.45, 7) is 9.47. The number of methoxy groups -OCH3 is 1. The normalized spacial score (nSPS) is 18.0. The van der Waals surface area contributed by atoms with Crippen LogP contribution in [0, 0.1) is 12.8 Å². The number of hydrogen-bond donors (Lipinski definition) is 1. The van der Waals surface area contributed by atoms with E-state index in [9.17, 15) is 0 Å². The van der Waals surface area contributed by atoms with E-state index in [1.807, 2.05) is 12.1 Å². The summed E-state index contributed by atoms with van der Waals surface area (Å²) >= 11 is 0. The molecule has 5 heteroatoms. The Kier molecular flexibility index (Phi) is 7.89. The fraction of sp³-hybridized carbons (Fsp3) is 0.632. The molecule has 0 spiro atoms. The highest BCUT2D eigenvalue weighted by Crippen LogP contribution is 2.16. The Labute approximate surface area is 146 Å². The minimum absolute atomic E-state index is 0.615. The zero-order valence-electron chi connectivity index (χ0n) is 15.3. The van der Waals surface area contributed by atoms with Gasteiger partial charge in [-0.2, -0.15) is 0 Å². The van der Waals surface area contributed by atoms with Gasteiger partial charge in [-0.1, -0.05) is 17.7 Å². The van der Waals surface area contributed by atoms with Gasteiger partial charge < -0.3 is 19.7 Å². The number of benzene rings is 1. The van der Waals surface area contributed by atoms with E-state index in [0.717, 1.165) is 50.9 Å². The molecule has 1 saturated heterocycles. The van der Waals surface area contributed by atoms with Crippen molar-refractivity contribution >= 4 is 5.96 Å². The number of hydrogen-bond acceptors (Lipinski definition) is 3. The van der Waals surface area contributed by atoms with E-state index in [0.29, 0.717) is 12.5 Å². The number of guanidine groups is 1.